The van der Waals surface area contributed by atoms with E-state index in [-0.39, 0.29) is 7.92 Å². The van der Waals surface area contributed by atoms with E-state index >= 15 is 0 Å². The summed E-state index contributed by atoms with van der Waals surface area (Å²) in [5.41, 5.74) is 9.72. The standard InChI is InChI=1S/C37H52O2P2/c1-25-21-32(22-26(2)36(25)38-6)41(33-23-27(3)37(39-7)28(4)24-33)35-20-14-19-34(35)29(5)40(30-15-10-8-11-16-30)31-17-12-9-13-18-31/h14,19-24,29-31,35H,8-13,15-18H2,1-7H3. The molecule has 5 rings (SSSR count). The molecule has 0 radical (unpaired) electrons. The minimum Gasteiger partial charge on any atom is -0.496 e. The van der Waals surface area contributed by atoms with Crippen LogP contribution in [0.3, 0.4) is 0 Å². The molecule has 3 aliphatic carbocycles. The number of benzene rings is 2. The Morgan fingerprint density at radius 2 is 1.07 bits per heavy atom. The van der Waals surface area contributed by atoms with Crippen LogP contribution in [0.15, 0.2) is 48.1 Å². The molecule has 0 aromatic heterocycles. The van der Waals surface area contributed by atoms with Gasteiger partial charge >= 0.3 is 0 Å². The molecular weight excluding hydrogens is 538 g/mol. The van der Waals surface area contributed by atoms with Crippen molar-refractivity contribution in [2.24, 2.45) is 0 Å². The zero-order valence-corrected chi connectivity index (χ0v) is 28.4. The number of aryl methyl sites for hydroxylation is 4. The normalized spacial score (nSPS) is 21.0. The van der Waals surface area contributed by atoms with Crippen molar-refractivity contribution in [2.75, 3.05) is 14.2 Å². The van der Waals surface area contributed by atoms with Crippen molar-refractivity contribution >= 4 is 26.5 Å². The maximum absolute atomic E-state index is 5.80. The molecule has 4 heteroatoms. The van der Waals surface area contributed by atoms with E-state index in [0.29, 0.717) is 11.3 Å². The number of hydrogen-bond acceptors (Lipinski definition) is 2. The van der Waals surface area contributed by atoms with E-state index in [1.165, 1.54) is 97.1 Å². The van der Waals surface area contributed by atoms with E-state index in [2.05, 4.69) is 77.1 Å². The summed E-state index contributed by atoms with van der Waals surface area (Å²) in [5, 5.41) is 2.93. The minimum absolute atomic E-state index is 0.0368. The monoisotopic (exact) mass is 590 g/mol. The highest BCUT2D eigenvalue weighted by molar-refractivity contribution is 7.74. The molecule has 41 heavy (non-hydrogen) atoms. The molecule has 0 saturated heterocycles. The maximum atomic E-state index is 5.80. The molecule has 2 nitrogen and oxygen atoms in total. The fourth-order valence-electron chi connectivity index (χ4n) is 8.21. The molecule has 0 spiro atoms. The van der Waals surface area contributed by atoms with Gasteiger partial charge in [0, 0.05) is 5.66 Å². The third kappa shape index (κ3) is 6.50. The summed E-state index contributed by atoms with van der Waals surface area (Å²) in [6.07, 6.45) is 22.1. The van der Waals surface area contributed by atoms with Crippen molar-refractivity contribution in [1.29, 1.82) is 0 Å². The van der Waals surface area contributed by atoms with Gasteiger partial charge in [0.05, 0.1) is 14.2 Å². The van der Waals surface area contributed by atoms with Gasteiger partial charge in [0.15, 0.2) is 0 Å². The van der Waals surface area contributed by atoms with Gasteiger partial charge in [-0.2, -0.15) is 0 Å². The highest BCUT2D eigenvalue weighted by atomic mass is 31.1. The van der Waals surface area contributed by atoms with Crippen LogP contribution in [0.2, 0.25) is 0 Å². The van der Waals surface area contributed by atoms with Gasteiger partial charge in [-0.05, 0) is 135 Å². The van der Waals surface area contributed by atoms with Gasteiger partial charge in [0.25, 0.3) is 0 Å². The van der Waals surface area contributed by atoms with Crippen LogP contribution in [-0.2, 0) is 0 Å². The molecule has 0 amide bonds. The highest BCUT2D eigenvalue weighted by Crippen LogP contribution is 2.63. The molecule has 2 saturated carbocycles. The molecule has 0 heterocycles. The number of rotatable bonds is 9. The molecule has 2 aromatic rings. The summed E-state index contributed by atoms with van der Waals surface area (Å²) >= 11 is 0. The summed E-state index contributed by atoms with van der Waals surface area (Å²) < 4.78 is 11.6. The first-order chi connectivity index (χ1) is 19.8. The molecule has 222 valence electrons. The van der Waals surface area contributed by atoms with Crippen LogP contribution in [0.5, 0.6) is 11.5 Å². The SMILES string of the molecule is COc1c(C)cc(P(c2cc(C)c(OC)c(C)c2)C2C=CC=C2C(C)P(C2CCCCC2)C2CCCCC2)cc1C. The lowest BCUT2D eigenvalue weighted by Crippen LogP contribution is -2.30. The molecular formula is C37H52O2P2. The van der Waals surface area contributed by atoms with Crippen LogP contribution < -0.4 is 20.1 Å². The van der Waals surface area contributed by atoms with Crippen LogP contribution in [-0.4, -0.2) is 36.9 Å². The number of hydrogen-bond donors (Lipinski definition) is 0. The summed E-state index contributed by atoms with van der Waals surface area (Å²) in [4.78, 5) is 0. The van der Waals surface area contributed by atoms with Crippen molar-refractivity contribution in [2.45, 2.75) is 121 Å². The van der Waals surface area contributed by atoms with Crippen LogP contribution >= 0.6 is 15.8 Å². The molecule has 2 aromatic carbocycles. The van der Waals surface area contributed by atoms with Gasteiger partial charge in [-0.3, -0.25) is 0 Å². The summed E-state index contributed by atoms with van der Waals surface area (Å²) in [6, 6.07) is 9.69. The average molecular weight is 591 g/mol. The van der Waals surface area contributed by atoms with Gasteiger partial charge in [-0.25, -0.2) is 0 Å². The van der Waals surface area contributed by atoms with Crippen LogP contribution in [0.25, 0.3) is 0 Å². The minimum atomic E-state index is -0.639. The smallest absolute Gasteiger partial charge is 0.124 e. The Hall–Kier alpha value is -1.62. The van der Waals surface area contributed by atoms with E-state index in [1.54, 1.807) is 19.8 Å². The highest BCUT2D eigenvalue weighted by Gasteiger charge is 2.40. The molecule has 2 fully saturated rings. The summed E-state index contributed by atoms with van der Waals surface area (Å²) in [5.74, 6) is 2.05. The second kappa shape index (κ2) is 13.8. The molecule has 0 bridgehead atoms. The zero-order valence-electron chi connectivity index (χ0n) is 26.6. The first kappa shape index (κ1) is 30.8. The Bertz CT molecular complexity index is 1140. The molecule has 2 atom stereocenters. The predicted octanol–water partition coefficient (Wildman–Crippen LogP) is 9.77. The Labute approximate surface area is 252 Å². The van der Waals surface area contributed by atoms with Crippen molar-refractivity contribution in [3.63, 3.8) is 0 Å². The third-order valence-electron chi connectivity index (χ3n) is 9.98. The number of methoxy groups -OCH3 is 2. The third-order valence-corrected chi connectivity index (χ3v) is 16.5. The second-order valence-corrected chi connectivity index (χ2v) is 18.3. The summed E-state index contributed by atoms with van der Waals surface area (Å²) in [7, 11) is 2.93. The lowest BCUT2D eigenvalue weighted by Gasteiger charge is -2.44. The Kier molecular flexibility index (Phi) is 10.4. The predicted molar refractivity (Wildman–Crippen MR) is 182 cm³/mol. The second-order valence-electron chi connectivity index (χ2n) is 12.8. The van der Waals surface area contributed by atoms with E-state index in [4.69, 9.17) is 9.47 Å². The first-order valence-electron chi connectivity index (χ1n) is 16.1. The van der Waals surface area contributed by atoms with Gasteiger partial charge in [0.1, 0.15) is 11.5 Å². The fraction of sp³-hybridized carbons (Fsp3) is 0.568. The molecule has 0 N–H and O–H groups in total. The summed E-state index contributed by atoms with van der Waals surface area (Å²) in [6.45, 7) is 11.5. The van der Waals surface area contributed by atoms with Crippen LogP contribution in [0, 0.1) is 27.7 Å². The maximum Gasteiger partial charge on any atom is 0.124 e. The van der Waals surface area contributed by atoms with E-state index in [1.807, 2.05) is 0 Å². The number of ether oxygens (including phenoxy) is 2. The van der Waals surface area contributed by atoms with Crippen molar-refractivity contribution in [3.05, 3.63) is 70.3 Å². The van der Waals surface area contributed by atoms with Crippen molar-refractivity contribution < 1.29 is 9.47 Å². The average Bonchev–Trinajstić information content (AvgIpc) is 3.44. The van der Waals surface area contributed by atoms with E-state index < -0.39 is 7.92 Å². The Balaban J connectivity index is 1.58. The lowest BCUT2D eigenvalue weighted by molar-refractivity contribution is 0.408. The Morgan fingerprint density at radius 3 is 1.46 bits per heavy atom. The van der Waals surface area contributed by atoms with Gasteiger partial charge < -0.3 is 9.47 Å². The molecule has 0 aliphatic heterocycles. The molecule has 2 unspecified atom stereocenters. The quantitative estimate of drug-likeness (QED) is 0.271. The van der Waals surface area contributed by atoms with Crippen LogP contribution in [0.4, 0.5) is 0 Å². The molecule has 3 aliphatic rings. The van der Waals surface area contributed by atoms with Gasteiger partial charge in [-0.1, -0.05) is 77.2 Å². The van der Waals surface area contributed by atoms with Crippen LogP contribution in [0.1, 0.15) is 93.4 Å². The topological polar surface area (TPSA) is 18.5 Å². The lowest BCUT2D eigenvalue weighted by atomic mass is 9.99. The first-order valence-corrected chi connectivity index (χ1v) is 19.1. The van der Waals surface area contributed by atoms with E-state index in [9.17, 15) is 0 Å². The van der Waals surface area contributed by atoms with Crippen molar-refractivity contribution in [1.82, 2.24) is 0 Å². The fourth-order valence-corrected chi connectivity index (χ4v) is 15.9. The zero-order chi connectivity index (χ0) is 29.1. The number of allylic oxidation sites excluding steroid dienone is 4. The van der Waals surface area contributed by atoms with Gasteiger partial charge in [0.2, 0.25) is 0 Å². The van der Waals surface area contributed by atoms with E-state index in [0.717, 1.165) is 22.8 Å². The largest absolute Gasteiger partial charge is 0.496 e. The Morgan fingerprint density at radius 1 is 0.659 bits per heavy atom. The van der Waals surface area contributed by atoms with Crippen molar-refractivity contribution in [3.8, 4) is 11.5 Å². The van der Waals surface area contributed by atoms with Gasteiger partial charge in [-0.15, -0.1) is 0 Å².